The number of methoxy groups -OCH3 is 1. The molecule has 1 saturated heterocycles. The van der Waals surface area contributed by atoms with Gasteiger partial charge in [0.15, 0.2) is 11.5 Å². The smallest absolute Gasteiger partial charge is 0.217 e. The van der Waals surface area contributed by atoms with E-state index in [2.05, 4.69) is 15.2 Å². The van der Waals surface area contributed by atoms with Crippen LogP contribution in [0.3, 0.4) is 0 Å². The Labute approximate surface area is 187 Å². The van der Waals surface area contributed by atoms with E-state index in [-0.39, 0.29) is 12.0 Å². The number of rotatable bonds is 6. The summed E-state index contributed by atoms with van der Waals surface area (Å²) in [6, 6.07) is 9.25. The number of aliphatic hydroxyl groups excluding tert-OH is 1. The average molecular weight is 446 g/mol. The number of amides is 1. The number of nitrogens with one attached hydrogen (secondary N) is 1. The standard InChI is InChI=1S/C23H28ClN3O4/c1-14(28)25-10-15-3-6-23(26-11-15)27-12-16-7-19(29)21(8-17(16)13-27)31-20-5-4-18(24)9-22(20)30-2/h3-6,9,11,16-17,19,21,29H,7-8,10,12-13H2,1-2H3,(H,25,28)/t16-,17+,19+,21+/m0/s1. The molecule has 8 heteroatoms. The molecule has 0 spiro atoms. The Morgan fingerprint density at radius 1 is 1.23 bits per heavy atom. The van der Waals surface area contributed by atoms with E-state index < -0.39 is 6.10 Å². The summed E-state index contributed by atoms with van der Waals surface area (Å²) in [6.45, 7) is 3.74. The van der Waals surface area contributed by atoms with E-state index in [1.165, 1.54) is 6.92 Å². The molecule has 2 fully saturated rings. The first-order valence-electron chi connectivity index (χ1n) is 10.6. The second-order valence-corrected chi connectivity index (χ2v) is 8.79. The maximum absolute atomic E-state index is 11.1. The van der Waals surface area contributed by atoms with E-state index in [0.717, 1.165) is 30.9 Å². The number of fused-ring (bicyclic) bond motifs is 1. The number of ether oxygens (including phenoxy) is 2. The third-order valence-corrected chi connectivity index (χ3v) is 6.40. The van der Waals surface area contributed by atoms with E-state index in [1.807, 2.05) is 12.1 Å². The van der Waals surface area contributed by atoms with Crippen molar-refractivity contribution in [3.63, 3.8) is 0 Å². The molecule has 31 heavy (non-hydrogen) atoms. The van der Waals surface area contributed by atoms with Gasteiger partial charge >= 0.3 is 0 Å². The summed E-state index contributed by atoms with van der Waals surface area (Å²) < 4.78 is 11.5. The summed E-state index contributed by atoms with van der Waals surface area (Å²) in [5.74, 6) is 2.86. The van der Waals surface area contributed by atoms with Gasteiger partial charge in [0.1, 0.15) is 11.9 Å². The molecule has 1 aromatic heterocycles. The lowest BCUT2D eigenvalue weighted by Crippen LogP contribution is -2.42. The van der Waals surface area contributed by atoms with Crippen LogP contribution in [0.15, 0.2) is 36.5 Å². The molecule has 0 bridgehead atoms. The molecule has 7 nitrogen and oxygen atoms in total. The Morgan fingerprint density at radius 2 is 2.00 bits per heavy atom. The quantitative estimate of drug-likeness (QED) is 0.711. The van der Waals surface area contributed by atoms with Crippen LogP contribution in [-0.4, -0.2) is 48.4 Å². The molecule has 4 atom stereocenters. The van der Waals surface area contributed by atoms with Gasteiger partial charge in [0.05, 0.1) is 13.2 Å². The van der Waals surface area contributed by atoms with Crippen molar-refractivity contribution >= 4 is 23.3 Å². The monoisotopic (exact) mass is 445 g/mol. The van der Waals surface area contributed by atoms with Crippen molar-refractivity contribution in [1.29, 1.82) is 0 Å². The van der Waals surface area contributed by atoms with Gasteiger partial charge in [-0.2, -0.15) is 0 Å². The normalized spacial score (nSPS) is 25.1. The van der Waals surface area contributed by atoms with Crippen LogP contribution in [0.1, 0.15) is 25.3 Å². The Morgan fingerprint density at radius 3 is 2.68 bits per heavy atom. The summed E-state index contributed by atoms with van der Waals surface area (Å²) in [7, 11) is 1.58. The van der Waals surface area contributed by atoms with Gasteiger partial charge in [0.2, 0.25) is 5.91 Å². The maximum Gasteiger partial charge on any atom is 0.217 e. The van der Waals surface area contributed by atoms with Crippen LogP contribution in [-0.2, 0) is 11.3 Å². The molecule has 0 unspecified atom stereocenters. The summed E-state index contributed by atoms with van der Waals surface area (Å²) >= 11 is 6.04. The molecule has 166 valence electrons. The number of carbonyl (C=O) groups excluding carboxylic acids is 1. The van der Waals surface area contributed by atoms with Gasteiger partial charge in [-0.25, -0.2) is 4.98 Å². The number of halogens is 1. The Hall–Kier alpha value is -2.51. The van der Waals surface area contributed by atoms with Crippen LogP contribution >= 0.6 is 11.6 Å². The first kappa shape index (κ1) is 21.7. The summed E-state index contributed by atoms with van der Waals surface area (Å²) in [4.78, 5) is 17.9. The van der Waals surface area contributed by atoms with Crippen molar-refractivity contribution in [3.8, 4) is 11.5 Å². The van der Waals surface area contributed by atoms with Crippen LogP contribution in [0.4, 0.5) is 5.82 Å². The molecule has 1 saturated carbocycles. The second-order valence-electron chi connectivity index (χ2n) is 8.35. The highest BCUT2D eigenvalue weighted by Gasteiger charge is 2.43. The van der Waals surface area contributed by atoms with Gasteiger partial charge in [0.25, 0.3) is 0 Å². The number of hydrogen-bond donors (Lipinski definition) is 2. The Kier molecular flexibility index (Phi) is 6.53. The molecule has 2 aromatic rings. The molecule has 4 rings (SSSR count). The predicted octanol–water partition coefficient (Wildman–Crippen LogP) is 3.03. The Balaban J connectivity index is 1.39. The summed E-state index contributed by atoms with van der Waals surface area (Å²) in [6.07, 6.45) is 2.46. The molecule has 2 heterocycles. The van der Waals surface area contributed by atoms with Crippen LogP contribution in [0.2, 0.25) is 5.02 Å². The van der Waals surface area contributed by atoms with Gasteiger partial charge in [-0.3, -0.25) is 4.79 Å². The maximum atomic E-state index is 11.1. The summed E-state index contributed by atoms with van der Waals surface area (Å²) in [5.41, 5.74) is 0.969. The lowest BCUT2D eigenvalue weighted by atomic mass is 9.78. The van der Waals surface area contributed by atoms with Crippen LogP contribution in [0.25, 0.3) is 0 Å². The van der Waals surface area contributed by atoms with Crippen molar-refractivity contribution in [2.75, 3.05) is 25.1 Å². The molecule has 0 radical (unpaired) electrons. The van der Waals surface area contributed by atoms with Crippen molar-refractivity contribution in [1.82, 2.24) is 10.3 Å². The fourth-order valence-electron chi connectivity index (χ4n) is 4.54. The number of carbonyl (C=O) groups is 1. The van der Waals surface area contributed by atoms with E-state index in [1.54, 1.807) is 31.5 Å². The number of pyridine rings is 1. The molecular formula is C23H28ClN3O4. The fourth-order valence-corrected chi connectivity index (χ4v) is 4.70. The predicted molar refractivity (Wildman–Crippen MR) is 119 cm³/mol. The highest BCUT2D eigenvalue weighted by Crippen LogP contribution is 2.40. The lowest BCUT2D eigenvalue weighted by Gasteiger charge is -2.35. The molecule has 2 aliphatic rings. The van der Waals surface area contributed by atoms with Gasteiger partial charge < -0.3 is 24.8 Å². The van der Waals surface area contributed by atoms with Gasteiger partial charge in [-0.15, -0.1) is 0 Å². The molecule has 2 N–H and O–H groups in total. The van der Waals surface area contributed by atoms with Crippen molar-refractivity contribution in [2.24, 2.45) is 11.8 Å². The fraction of sp³-hybridized carbons (Fsp3) is 0.478. The molecule has 1 aliphatic heterocycles. The first-order valence-corrected chi connectivity index (χ1v) is 10.9. The van der Waals surface area contributed by atoms with Gasteiger partial charge in [-0.05, 0) is 48.4 Å². The number of anilines is 1. The highest BCUT2D eigenvalue weighted by atomic mass is 35.5. The minimum absolute atomic E-state index is 0.0563. The van der Waals surface area contributed by atoms with Crippen molar-refractivity contribution < 1.29 is 19.4 Å². The number of aromatic nitrogens is 1. The minimum atomic E-state index is -0.533. The van der Waals surface area contributed by atoms with Gasteiger partial charge in [-0.1, -0.05) is 17.7 Å². The van der Waals surface area contributed by atoms with Crippen LogP contribution in [0, 0.1) is 11.8 Å². The largest absolute Gasteiger partial charge is 0.493 e. The summed E-state index contributed by atoms with van der Waals surface area (Å²) in [5, 5.41) is 14.1. The number of hydrogen-bond acceptors (Lipinski definition) is 6. The van der Waals surface area contributed by atoms with E-state index in [9.17, 15) is 9.90 Å². The van der Waals surface area contributed by atoms with E-state index in [0.29, 0.717) is 41.3 Å². The minimum Gasteiger partial charge on any atom is -0.493 e. The zero-order chi connectivity index (χ0) is 22.0. The third kappa shape index (κ3) is 5.05. The molecule has 1 aliphatic carbocycles. The third-order valence-electron chi connectivity index (χ3n) is 6.16. The lowest BCUT2D eigenvalue weighted by molar-refractivity contribution is -0.119. The zero-order valence-corrected chi connectivity index (χ0v) is 18.5. The number of nitrogens with zero attached hydrogens (tertiary/aromatic N) is 2. The first-order chi connectivity index (χ1) is 14.9. The van der Waals surface area contributed by atoms with Crippen LogP contribution < -0.4 is 19.7 Å². The van der Waals surface area contributed by atoms with E-state index >= 15 is 0 Å². The highest BCUT2D eigenvalue weighted by molar-refractivity contribution is 6.30. The number of benzene rings is 1. The van der Waals surface area contributed by atoms with Crippen molar-refractivity contribution in [2.45, 2.75) is 38.5 Å². The molecular weight excluding hydrogens is 418 g/mol. The topological polar surface area (TPSA) is 83.9 Å². The zero-order valence-electron chi connectivity index (χ0n) is 17.8. The molecule has 1 aromatic carbocycles. The molecule has 1 amide bonds. The average Bonchev–Trinajstić information content (AvgIpc) is 3.16. The number of aliphatic hydroxyl groups is 1. The van der Waals surface area contributed by atoms with Crippen LogP contribution in [0.5, 0.6) is 11.5 Å². The SMILES string of the molecule is COc1cc(Cl)ccc1O[C@@H]1C[C@@H]2CN(c3ccc(CNC(C)=O)cn3)C[C@@H]2C[C@H]1O. The Bertz CT molecular complexity index is 924. The van der Waals surface area contributed by atoms with E-state index in [4.69, 9.17) is 21.1 Å². The second kappa shape index (κ2) is 9.32. The van der Waals surface area contributed by atoms with Crippen molar-refractivity contribution in [3.05, 3.63) is 47.1 Å². The van der Waals surface area contributed by atoms with Gasteiger partial charge in [0, 0.05) is 43.8 Å².